The van der Waals surface area contributed by atoms with Crippen LogP contribution in [0.25, 0.3) is 11.1 Å². The van der Waals surface area contributed by atoms with Crippen molar-refractivity contribution in [1.82, 2.24) is 0 Å². The van der Waals surface area contributed by atoms with E-state index < -0.39 is 8.56 Å². The Morgan fingerprint density at radius 3 is 2.12 bits per heavy atom. The molecule has 2 rings (SSSR count). The summed E-state index contributed by atoms with van der Waals surface area (Å²) < 4.78 is 18.4. The van der Waals surface area contributed by atoms with E-state index >= 15 is 0 Å². The molecule has 1 N–H and O–H groups in total. The molecule has 0 aliphatic heterocycles. The number of ether oxygens (including phenoxy) is 1. The van der Waals surface area contributed by atoms with E-state index in [-0.39, 0.29) is 5.75 Å². The van der Waals surface area contributed by atoms with Gasteiger partial charge in [-0.2, -0.15) is 0 Å². The molecule has 0 unspecified atom stereocenters. The molecule has 0 spiro atoms. The molecule has 0 bridgehead atoms. The van der Waals surface area contributed by atoms with E-state index in [0.29, 0.717) is 18.9 Å². The second-order valence-electron chi connectivity index (χ2n) is 7.87. The zero-order valence-corrected chi connectivity index (χ0v) is 22.8. The van der Waals surface area contributed by atoms with E-state index in [1.807, 2.05) is 30.3 Å². The van der Waals surface area contributed by atoms with Crippen molar-refractivity contribution < 1.29 is 9.84 Å². The number of benzene rings is 2. The van der Waals surface area contributed by atoms with Crippen molar-refractivity contribution in [2.75, 3.05) is 6.61 Å². The SMILES string of the molecule is CCCCCCCOc1ccc(-c2ccc(O)cc2CCC[Si](N=C=S)(N=C=S)N=C=S)cc1. The maximum absolute atomic E-state index is 10.1. The lowest BCUT2D eigenvalue weighted by molar-refractivity contribution is 0.304. The standard InChI is InChI=1S/C25H29N3O2S3Si/c1-2-3-4-5-6-15-30-24-12-9-21(10-13-24)25-14-11-23(29)17-22(25)8-7-16-34(26-18-31,27-19-32)28-20-33/h9-14,17,29H,2-8,15-16H2,1H3. The van der Waals surface area contributed by atoms with E-state index in [1.165, 1.54) is 25.7 Å². The summed E-state index contributed by atoms with van der Waals surface area (Å²) in [5.41, 5.74) is 3.11. The molecule has 0 aromatic heterocycles. The monoisotopic (exact) mass is 527 g/mol. The van der Waals surface area contributed by atoms with Gasteiger partial charge in [-0.3, -0.25) is 0 Å². The summed E-state index contributed by atoms with van der Waals surface area (Å²) in [5.74, 6) is 1.08. The second-order valence-corrected chi connectivity index (χ2v) is 11.1. The van der Waals surface area contributed by atoms with E-state index in [9.17, 15) is 5.11 Å². The van der Waals surface area contributed by atoms with Gasteiger partial charge in [0.2, 0.25) is 0 Å². The maximum atomic E-state index is 10.1. The molecule has 2 aromatic carbocycles. The van der Waals surface area contributed by atoms with Crippen molar-refractivity contribution in [1.29, 1.82) is 0 Å². The minimum atomic E-state index is -2.94. The van der Waals surface area contributed by atoms with E-state index in [2.05, 4.69) is 36.4 Å². The van der Waals surface area contributed by atoms with Crippen LogP contribution >= 0.6 is 36.7 Å². The lowest BCUT2D eigenvalue weighted by Gasteiger charge is -2.14. The lowest BCUT2D eigenvalue weighted by atomic mass is 9.96. The molecule has 0 radical (unpaired) electrons. The summed E-state index contributed by atoms with van der Waals surface area (Å²) in [7, 11) is -2.94. The van der Waals surface area contributed by atoms with Crippen molar-refractivity contribution >= 4 is 60.7 Å². The number of hydrogen-bond acceptors (Lipinski definition) is 8. The van der Waals surface area contributed by atoms with Gasteiger partial charge < -0.3 is 9.84 Å². The summed E-state index contributed by atoms with van der Waals surface area (Å²) >= 11 is 14.3. The van der Waals surface area contributed by atoms with Gasteiger partial charge in [0.25, 0.3) is 0 Å². The molecular formula is C25H29N3O2S3Si. The second kappa shape index (κ2) is 15.5. The zero-order chi connectivity index (χ0) is 24.7. The van der Waals surface area contributed by atoms with Crippen molar-refractivity contribution in [3.05, 3.63) is 48.0 Å². The number of unbranched alkanes of at least 4 members (excludes halogenated alkanes) is 4. The highest BCUT2D eigenvalue weighted by Gasteiger charge is 2.33. The van der Waals surface area contributed by atoms with Crippen LogP contribution in [0.15, 0.2) is 56.4 Å². The smallest absolute Gasteiger partial charge is 0.461 e. The van der Waals surface area contributed by atoms with Crippen LogP contribution in [0, 0.1) is 0 Å². The van der Waals surface area contributed by atoms with Gasteiger partial charge in [-0.15, -0.1) is 0 Å². The highest BCUT2D eigenvalue weighted by Crippen LogP contribution is 2.30. The Hall–Kier alpha value is -2.34. The minimum Gasteiger partial charge on any atom is -0.508 e. The molecule has 0 saturated heterocycles. The van der Waals surface area contributed by atoms with Gasteiger partial charge in [-0.1, -0.05) is 50.8 Å². The number of nitrogens with zero attached hydrogens (tertiary/aromatic N) is 3. The number of phenols is 1. The summed E-state index contributed by atoms with van der Waals surface area (Å²) in [4.78, 5) is 0. The quantitative estimate of drug-likeness (QED) is 0.112. The van der Waals surface area contributed by atoms with Crippen LogP contribution in [0.3, 0.4) is 0 Å². The van der Waals surface area contributed by atoms with Gasteiger partial charge in [0.1, 0.15) is 11.5 Å². The Balaban J connectivity index is 2.09. The van der Waals surface area contributed by atoms with E-state index in [1.54, 1.807) is 12.1 Å². The largest absolute Gasteiger partial charge is 0.508 e. The van der Waals surface area contributed by atoms with Crippen LogP contribution in [0.2, 0.25) is 6.04 Å². The topological polar surface area (TPSA) is 66.5 Å². The molecule has 0 saturated carbocycles. The molecule has 0 fully saturated rings. The molecule has 5 nitrogen and oxygen atoms in total. The fourth-order valence-corrected chi connectivity index (χ4v) is 6.56. The fraction of sp³-hybridized carbons (Fsp3) is 0.400. The number of hydrogen-bond donors (Lipinski definition) is 1. The average molecular weight is 528 g/mol. The molecule has 2 aromatic rings. The summed E-state index contributed by atoms with van der Waals surface area (Å²) in [5, 5.41) is 17.2. The molecule has 178 valence electrons. The van der Waals surface area contributed by atoms with Crippen LogP contribution in [-0.4, -0.2) is 35.8 Å². The Labute approximate surface area is 219 Å². The minimum absolute atomic E-state index is 0.219. The Kier molecular flexibility index (Phi) is 12.7. The first-order valence-corrected chi connectivity index (χ1v) is 14.7. The highest BCUT2D eigenvalue weighted by molar-refractivity contribution is 7.78. The van der Waals surface area contributed by atoms with Crippen LogP contribution in [-0.2, 0) is 6.42 Å². The third-order valence-electron chi connectivity index (χ3n) is 5.40. The summed E-state index contributed by atoms with van der Waals surface area (Å²) in [6, 6.07) is 14.0. The number of thiocarbonyl (C=S) groups is 3. The van der Waals surface area contributed by atoms with Crippen molar-refractivity contribution in [2.45, 2.75) is 57.9 Å². The first kappa shape index (κ1) is 27.9. The number of rotatable bonds is 15. The molecule has 9 heteroatoms. The molecule has 0 aliphatic carbocycles. The third kappa shape index (κ3) is 9.13. The van der Waals surface area contributed by atoms with Crippen LogP contribution < -0.4 is 4.74 Å². The lowest BCUT2D eigenvalue weighted by Crippen LogP contribution is -2.27. The van der Waals surface area contributed by atoms with Crippen LogP contribution in [0.1, 0.15) is 51.0 Å². The first-order valence-electron chi connectivity index (χ1n) is 11.4. The van der Waals surface area contributed by atoms with Gasteiger partial charge >= 0.3 is 8.56 Å². The maximum Gasteiger partial charge on any atom is 0.461 e. The average Bonchev–Trinajstić information content (AvgIpc) is 2.82. The molecular weight excluding hydrogens is 499 g/mol. The first-order chi connectivity index (χ1) is 16.6. The van der Waals surface area contributed by atoms with Gasteiger partial charge in [0.15, 0.2) is 0 Å². The van der Waals surface area contributed by atoms with Crippen LogP contribution in [0.5, 0.6) is 11.5 Å². The number of aryl methyl sites for hydroxylation is 1. The molecule has 0 atom stereocenters. The van der Waals surface area contributed by atoms with Crippen molar-refractivity contribution in [2.24, 2.45) is 14.0 Å². The summed E-state index contributed by atoms with van der Waals surface area (Å²) in [6.45, 7) is 2.95. The normalized spacial score (nSPS) is 11.9. The number of isothiocyanates is 3. The van der Waals surface area contributed by atoms with Crippen molar-refractivity contribution in [3.63, 3.8) is 0 Å². The predicted octanol–water partition coefficient (Wildman–Crippen LogP) is 7.59. The van der Waals surface area contributed by atoms with E-state index in [4.69, 9.17) is 41.4 Å². The van der Waals surface area contributed by atoms with Crippen molar-refractivity contribution in [3.8, 4) is 22.6 Å². The van der Waals surface area contributed by atoms with E-state index in [0.717, 1.165) is 35.5 Å². The number of phenolic OH excluding ortho intramolecular Hbond substituents is 1. The summed E-state index contributed by atoms with van der Waals surface area (Å²) in [6.07, 6.45) is 7.44. The van der Waals surface area contributed by atoms with Gasteiger partial charge in [-0.05, 0) is 96.9 Å². The Morgan fingerprint density at radius 1 is 0.853 bits per heavy atom. The van der Waals surface area contributed by atoms with Crippen LogP contribution in [0.4, 0.5) is 0 Å². The predicted molar refractivity (Wildman–Crippen MR) is 152 cm³/mol. The zero-order valence-electron chi connectivity index (χ0n) is 19.3. The number of aromatic hydroxyl groups is 1. The van der Waals surface area contributed by atoms with Gasteiger partial charge in [0.05, 0.1) is 22.1 Å². The highest BCUT2D eigenvalue weighted by atomic mass is 32.1. The molecule has 34 heavy (non-hydrogen) atoms. The molecule has 0 amide bonds. The Morgan fingerprint density at radius 2 is 1.50 bits per heavy atom. The Bertz CT molecular complexity index is 1030. The molecule has 0 aliphatic rings. The van der Waals surface area contributed by atoms with Gasteiger partial charge in [-0.25, -0.2) is 14.0 Å². The third-order valence-corrected chi connectivity index (χ3v) is 8.60. The fourth-order valence-electron chi connectivity index (χ4n) is 3.67. The van der Waals surface area contributed by atoms with Gasteiger partial charge in [0, 0.05) is 6.04 Å². The molecule has 0 heterocycles.